The third kappa shape index (κ3) is 3.36. The number of nitrogens with two attached hydrogens (primary N) is 1. The number of aromatic nitrogens is 1. The summed E-state index contributed by atoms with van der Waals surface area (Å²) in [7, 11) is 1.45. The number of rotatable bonds is 5. The Morgan fingerprint density at radius 1 is 1.43 bits per heavy atom. The van der Waals surface area contributed by atoms with E-state index in [0.29, 0.717) is 30.8 Å². The predicted octanol–water partition coefficient (Wildman–Crippen LogP) is 2.32. The minimum Gasteiger partial charge on any atom is -0.449 e. The van der Waals surface area contributed by atoms with Crippen molar-refractivity contribution in [2.45, 2.75) is 25.8 Å². The Hall–Kier alpha value is -3.14. The van der Waals surface area contributed by atoms with Gasteiger partial charge in [-0.05, 0) is 25.0 Å². The lowest BCUT2D eigenvalue weighted by atomic mass is 9.88. The van der Waals surface area contributed by atoms with Crippen molar-refractivity contribution in [3.63, 3.8) is 0 Å². The average molecular weight is 418 g/mol. The maximum absolute atomic E-state index is 15.1. The van der Waals surface area contributed by atoms with E-state index in [-0.39, 0.29) is 17.2 Å². The van der Waals surface area contributed by atoms with Gasteiger partial charge in [0.1, 0.15) is 12.9 Å². The van der Waals surface area contributed by atoms with Crippen LogP contribution in [0.5, 0.6) is 5.75 Å². The lowest BCUT2D eigenvalue weighted by Gasteiger charge is -2.24. The van der Waals surface area contributed by atoms with Crippen LogP contribution in [0.1, 0.15) is 25.8 Å². The fourth-order valence-electron chi connectivity index (χ4n) is 3.94. The van der Waals surface area contributed by atoms with Crippen molar-refractivity contribution >= 4 is 28.5 Å². The monoisotopic (exact) mass is 418 g/mol. The van der Waals surface area contributed by atoms with Gasteiger partial charge in [0.15, 0.2) is 5.75 Å². The van der Waals surface area contributed by atoms with Crippen LogP contribution in [0.3, 0.4) is 0 Å². The second kappa shape index (κ2) is 7.28. The molecule has 1 unspecified atom stereocenters. The summed E-state index contributed by atoms with van der Waals surface area (Å²) < 4.78 is 21.5. The summed E-state index contributed by atoms with van der Waals surface area (Å²) in [5.74, 6) is -0.923. The Bertz CT molecular complexity index is 1110. The zero-order valence-corrected chi connectivity index (χ0v) is 16.7. The minimum absolute atomic E-state index is 0.0773. The molecule has 30 heavy (non-hydrogen) atoms. The van der Waals surface area contributed by atoms with Crippen LogP contribution in [0.2, 0.25) is 0 Å². The van der Waals surface area contributed by atoms with E-state index in [0.717, 1.165) is 24.6 Å². The molecule has 1 aromatic heterocycles. The van der Waals surface area contributed by atoms with E-state index >= 15 is 4.39 Å². The van der Waals surface area contributed by atoms with Crippen LogP contribution in [-0.4, -0.2) is 48.3 Å². The van der Waals surface area contributed by atoms with Crippen LogP contribution in [0.4, 0.5) is 14.9 Å². The summed E-state index contributed by atoms with van der Waals surface area (Å²) in [5, 5.41) is 13.1. The highest BCUT2D eigenvalue weighted by molar-refractivity contribution is 5.98. The van der Waals surface area contributed by atoms with E-state index in [1.165, 1.54) is 13.3 Å². The number of halogens is 1. The van der Waals surface area contributed by atoms with E-state index in [4.69, 9.17) is 15.7 Å². The van der Waals surface area contributed by atoms with E-state index in [1.54, 1.807) is 10.6 Å². The number of fused-ring (bicyclic) bond motifs is 1. The molecular weight excluding hydrogens is 395 g/mol. The Morgan fingerprint density at radius 2 is 2.17 bits per heavy atom. The smallest absolute Gasteiger partial charge is 0.449 e. The molecule has 1 aliphatic heterocycles. The highest BCUT2D eigenvalue weighted by Gasteiger charge is 2.41. The lowest BCUT2D eigenvalue weighted by molar-refractivity contribution is 0.143. The fraction of sp³-hybridized carbons (Fsp3) is 0.450. The molecule has 2 fully saturated rings. The average Bonchev–Trinajstić information content (AvgIpc) is 3.48. The van der Waals surface area contributed by atoms with Crippen molar-refractivity contribution in [1.82, 2.24) is 4.57 Å². The normalized spacial score (nSPS) is 22.7. The zero-order chi connectivity index (χ0) is 21.6. The number of ether oxygens (including phenoxy) is 1. The number of benzene rings is 1. The number of hydrogen-bond acceptors (Lipinski definition) is 7. The molecule has 0 radical (unpaired) electrons. The van der Waals surface area contributed by atoms with Crippen molar-refractivity contribution in [2.75, 3.05) is 31.6 Å². The summed E-state index contributed by atoms with van der Waals surface area (Å²) in [6, 6.07) is 2.88. The molecule has 3 N–H and O–H groups in total. The first-order valence-corrected chi connectivity index (χ1v) is 9.62. The second-order valence-corrected chi connectivity index (χ2v) is 7.99. The standard InChI is InChI=1S/C20H23FN4O5/c1-20(9-22)10-24(8-17(20)23-29-2)15-6-14-12(5-13(15)21)18(26)16(30-19(27)28)7-25(14)11-3-4-11/h5-7,11H,3-4,8-10,22H2,1-2H3,(H,27,28)/b23-17+. The zero-order valence-electron chi connectivity index (χ0n) is 16.7. The van der Waals surface area contributed by atoms with Crippen molar-refractivity contribution in [2.24, 2.45) is 16.3 Å². The molecule has 0 spiro atoms. The van der Waals surface area contributed by atoms with Gasteiger partial charge in [0.05, 0.1) is 35.0 Å². The van der Waals surface area contributed by atoms with Gasteiger partial charge in [-0.25, -0.2) is 9.18 Å². The summed E-state index contributed by atoms with van der Waals surface area (Å²) >= 11 is 0. The largest absolute Gasteiger partial charge is 0.511 e. The number of oxime groups is 1. The summed E-state index contributed by atoms with van der Waals surface area (Å²) in [5.41, 5.74) is 6.39. The van der Waals surface area contributed by atoms with Gasteiger partial charge in [-0.1, -0.05) is 12.1 Å². The molecule has 1 aromatic carbocycles. The molecule has 0 bridgehead atoms. The summed E-state index contributed by atoms with van der Waals surface area (Å²) in [6.07, 6.45) is 1.58. The van der Waals surface area contributed by atoms with E-state index in [9.17, 15) is 9.59 Å². The highest BCUT2D eigenvalue weighted by Crippen LogP contribution is 2.40. The SMILES string of the molecule is CO/N=C1\CN(c2cc3c(cc2F)c(=O)c(OC(=O)O)cn3C2CC2)CC1(C)CN. The predicted molar refractivity (Wildman–Crippen MR) is 109 cm³/mol. The molecule has 160 valence electrons. The molecule has 4 rings (SSSR count). The van der Waals surface area contributed by atoms with Gasteiger partial charge in [0, 0.05) is 24.5 Å². The molecule has 9 nitrogen and oxygen atoms in total. The first-order valence-electron chi connectivity index (χ1n) is 9.62. The number of anilines is 1. The van der Waals surface area contributed by atoms with Crippen LogP contribution >= 0.6 is 0 Å². The molecule has 2 aliphatic rings. The Morgan fingerprint density at radius 3 is 2.77 bits per heavy atom. The molecule has 1 saturated carbocycles. The van der Waals surface area contributed by atoms with Crippen molar-refractivity contribution in [3.05, 3.63) is 34.4 Å². The van der Waals surface area contributed by atoms with Crippen molar-refractivity contribution in [1.29, 1.82) is 0 Å². The summed E-state index contributed by atoms with van der Waals surface area (Å²) in [4.78, 5) is 30.4. The summed E-state index contributed by atoms with van der Waals surface area (Å²) in [6.45, 7) is 3.06. The van der Waals surface area contributed by atoms with Crippen LogP contribution < -0.4 is 20.8 Å². The van der Waals surface area contributed by atoms with Crippen molar-refractivity contribution in [3.8, 4) is 5.75 Å². The number of carboxylic acid groups (broad SMARTS) is 1. The van der Waals surface area contributed by atoms with E-state index in [1.807, 2.05) is 11.8 Å². The molecule has 2 heterocycles. The molecule has 1 saturated heterocycles. The second-order valence-electron chi connectivity index (χ2n) is 7.99. The van der Waals surface area contributed by atoms with Crippen molar-refractivity contribution < 1.29 is 23.9 Å². The molecule has 1 atom stereocenters. The van der Waals surface area contributed by atoms with Gasteiger partial charge in [-0.2, -0.15) is 0 Å². The maximum atomic E-state index is 15.1. The van der Waals surface area contributed by atoms with E-state index in [2.05, 4.69) is 9.89 Å². The first-order chi connectivity index (χ1) is 14.3. The van der Waals surface area contributed by atoms with Gasteiger partial charge in [0.25, 0.3) is 0 Å². The van der Waals surface area contributed by atoms with Gasteiger partial charge >= 0.3 is 6.16 Å². The number of carbonyl (C=O) groups is 1. The number of nitrogens with zero attached hydrogens (tertiary/aromatic N) is 3. The maximum Gasteiger partial charge on any atom is 0.511 e. The number of hydrogen-bond donors (Lipinski definition) is 2. The Balaban J connectivity index is 1.85. The van der Waals surface area contributed by atoms with Crippen LogP contribution in [0.25, 0.3) is 10.9 Å². The van der Waals surface area contributed by atoms with Gasteiger partial charge in [-0.3, -0.25) is 4.79 Å². The third-order valence-corrected chi connectivity index (χ3v) is 5.78. The highest BCUT2D eigenvalue weighted by atomic mass is 19.1. The fourth-order valence-corrected chi connectivity index (χ4v) is 3.94. The lowest BCUT2D eigenvalue weighted by Crippen LogP contribution is -2.35. The number of pyridine rings is 1. The quantitative estimate of drug-likeness (QED) is 0.565. The molecule has 1 aliphatic carbocycles. The molecule has 2 aromatic rings. The molecular formula is C20H23FN4O5. The van der Waals surface area contributed by atoms with Gasteiger partial charge in [0.2, 0.25) is 5.43 Å². The van der Waals surface area contributed by atoms with Crippen LogP contribution in [0, 0.1) is 11.2 Å². The van der Waals surface area contributed by atoms with E-state index < -0.39 is 22.8 Å². The third-order valence-electron chi connectivity index (χ3n) is 5.78. The Kier molecular flexibility index (Phi) is 4.89. The molecule has 10 heteroatoms. The van der Waals surface area contributed by atoms with Crippen LogP contribution in [-0.2, 0) is 4.84 Å². The minimum atomic E-state index is -1.59. The van der Waals surface area contributed by atoms with Gasteiger partial charge < -0.3 is 29.9 Å². The van der Waals surface area contributed by atoms with Crippen LogP contribution in [0.15, 0.2) is 28.3 Å². The molecule has 0 amide bonds. The van der Waals surface area contributed by atoms with Gasteiger partial charge in [-0.15, -0.1) is 0 Å². The first kappa shape index (κ1) is 20.1. The topological polar surface area (TPSA) is 119 Å². The Labute approximate surface area is 171 Å².